The number of nitrogens with zero attached hydrogens (tertiary/aromatic N) is 1. The van der Waals surface area contributed by atoms with Gasteiger partial charge < -0.3 is 10.1 Å². The van der Waals surface area contributed by atoms with E-state index in [2.05, 4.69) is 103 Å². The fourth-order valence-corrected chi connectivity index (χ4v) is 6.28. The smallest absolute Gasteiger partial charge is 0.261 e. The predicted octanol–water partition coefficient (Wildman–Crippen LogP) is 5.60. The van der Waals surface area contributed by atoms with Gasteiger partial charge in [0.2, 0.25) is 0 Å². The number of ether oxygens (including phenoxy) is 1. The first-order valence-corrected chi connectivity index (χ1v) is 14.6. The summed E-state index contributed by atoms with van der Waals surface area (Å²) in [6.45, 7) is 6.97. The Balaban J connectivity index is 0.000000586. The van der Waals surface area contributed by atoms with Gasteiger partial charge >= 0.3 is 0 Å². The molecule has 198 valence electrons. The van der Waals surface area contributed by atoms with Gasteiger partial charge in [0.05, 0.1) is 19.1 Å². The molecule has 3 aromatic rings. The van der Waals surface area contributed by atoms with Crippen molar-refractivity contribution in [2.75, 3.05) is 31.8 Å². The molecule has 6 rings (SSSR count). The topological polar surface area (TPSA) is 78.9 Å². The zero-order valence-corrected chi connectivity index (χ0v) is 22.9. The molecule has 2 N–H and O–H groups in total. The summed E-state index contributed by atoms with van der Waals surface area (Å²) in [5, 5.41) is 4.02. The highest BCUT2D eigenvalue weighted by Crippen LogP contribution is 2.50. The van der Waals surface area contributed by atoms with E-state index in [1.165, 1.54) is 42.6 Å². The lowest BCUT2D eigenvalue weighted by Crippen LogP contribution is -2.70. The van der Waals surface area contributed by atoms with Crippen LogP contribution in [0.25, 0.3) is 0 Å². The Bertz CT molecular complexity index is 1230. The van der Waals surface area contributed by atoms with Crippen molar-refractivity contribution in [1.82, 2.24) is 4.90 Å². The third-order valence-corrected chi connectivity index (χ3v) is 7.84. The normalized spacial score (nSPS) is 24.8. The molecule has 3 aliphatic heterocycles. The van der Waals surface area contributed by atoms with Crippen LogP contribution in [0.3, 0.4) is 0 Å². The first kappa shape index (κ1) is 27.2. The van der Waals surface area contributed by atoms with Gasteiger partial charge in [-0.1, -0.05) is 66.7 Å². The minimum Gasteiger partial charge on any atom is -0.495 e. The molecule has 0 aliphatic carbocycles. The molecular formula is C30H38N2O4S. The second-order valence-corrected chi connectivity index (χ2v) is 11.8. The number of benzene rings is 3. The van der Waals surface area contributed by atoms with Crippen LogP contribution in [0.5, 0.6) is 5.75 Å². The Kier molecular flexibility index (Phi) is 8.26. The van der Waals surface area contributed by atoms with Crippen LogP contribution < -0.4 is 10.1 Å². The Hall–Kier alpha value is -2.87. The molecule has 2 bridgehead atoms. The first-order chi connectivity index (χ1) is 17.6. The Morgan fingerprint density at radius 1 is 0.973 bits per heavy atom. The molecule has 3 aliphatic rings. The molecular weight excluding hydrogens is 484 g/mol. The van der Waals surface area contributed by atoms with Gasteiger partial charge in [0.25, 0.3) is 10.1 Å². The maximum Gasteiger partial charge on any atom is 0.261 e. The maximum atomic E-state index is 9.19. The van der Waals surface area contributed by atoms with Crippen molar-refractivity contribution in [3.05, 3.63) is 95.6 Å². The zero-order chi connectivity index (χ0) is 26.6. The van der Waals surface area contributed by atoms with Crippen molar-refractivity contribution in [3.63, 3.8) is 0 Å². The van der Waals surface area contributed by atoms with Crippen LogP contribution in [0.1, 0.15) is 42.4 Å². The van der Waals surface area contributed by atoms with E-state index in [0.29, 0.717) is 18.2 Å². The highest BCUT2D eigenvalue weighted by Gasteiger charge is 2.55. The molecule has 6 nitrogen and oxygen atoms in total. The van der Waals surface area contributed by atoms with Gasteiger partial charge in [0.15, 0.2) is 0 Å². The lowest BCUT2D eigenvalue weighted by atomic mass is 9.62. The summed E-state index contributed by atoms with van der Waals surface area (Å²) >= 11 is 0. The standard InChI is InChI=1S/C29H34N2O.CH4O3S/c1-21-14-15-26(32-3)25(20-21)30-28-24-16-18-31(19-17-24)29(28,2)27(22-10-6-4-7-11-22)23-12-8-5-9-13-23;1-5(2,3)4/h4-15,20,24,27-28,30H,16-19H2,1-3H3;1H3,(H,2,3,4)/t28-,29-;/m0./s1. The second kappa shape index (κ2) is 11.3. The highest BCUT2D eigenvalue weighted by atomic mass is 32.2. The van der Waals surface area contributed by atoms with Gasteiger partial charge in [-0.15, -0.1) is 0 Å². The lowest BCUT2D eigenvalue weighted by molar-refractivity contribution is -0.0401. The van der Waals surface area contributed by atoms with Gasteiger partial charge in [0.1, 0.15) is 5.75 Å². The largest absolute Gasteiger partial charge is 0.495 e. The summed E-state index contributed by atoms with van der Waals surface area (Å²) in [6, 6.07) is 28.9. The van der Waals surface area contributed by atoms with Gasteiger partial charge in [-0.05, 0) is 74.5 Å². The minimum absolute atomic E-state index is 0.0569. The Morgan fingerprint density at radius 3 is 1.97 bits per heavy atom. The molecule has 0 saturated carbocycles. The van der Waals surface area contributed by atoms with E-state index in [9.17, 15) is 8.42 Å². The summed E-state index contributed by atoms with van der Waals surface area (Å²) in [5.41, 5.74) is 5.07. The molecule has 7 heteroatoms. The van der Waals surface area contributed by atoms with Gasteiger partial charge in [-0.2, -0.15) is 8.42 Å². The number of hydrogen-bond acceptors (Lipinski definition) is 5. The summed E-state index contributed by atoms with van der Waals surface area (Å²) in [4.78, 5) is 2.75. The van der Waals surface area contributed by atoms with E-state index in [-0.39, 0.29) is 11.5 Å². The number of piperidine rings is 3. The van der Waals surface area contributed by atoms with Gasteiger partial charge in [-0.3, -0.25) is 9.45 Å². The van der Waals surface area contributed by atoms with Gasteiger partial charge in [-0.25, -0.2) is 0 Å². The third kappa shape index (κ3) is 6.17. The van der Waals surface area contributed by atoms with Crippen molar-refractivity contribution in [2.45, 2.75) is 44.2 Å². The van der Waals surface area contributed by atoms with E-state index in [4.69, 9.17) is 9.29 Å². The van der Waals surface area contributed by atoms with E-state index in [1.54, 1.807) is 7.11 Å². The number of rotatable bonds is 6. The van der Waals surface area contributed by atoms with Crippen molar-refractivity contribution < 1.29 is 17.7 Å². The zero-order valence-electron chi connectivity index (χ0n) is 22.1. The molecule has 3 saturated heterocycles. The minimum atomic E-state index is -3.67. The maximum absolute atomic E-state index is 9.19. The number of fused-ring (bicyclic) bond motifs is 3. The van der Waals surface area contributed by atoms with Crippen molar-refractivity contribution in [3.8, 4) is 5.75 Å². The molecule has 2 atom stereocenters. The van der Waals surface area contributed by atoms with E-state index >= 15 is 0 Å². The van der Waals surface area contributed by atoms with Crippen LogP contribution in [0.2, 0.25) is 0 Å². The Labute approximate surface area is 221 Å². The van der Waals surface area contributed by atoms with E-state index in [1.807, 2.05) is 0 Å². The van der Waals surface area contributed by atoms with Crippen molar-refractivity contribution >= 4 is 15.8 Å². The molecule has 0 unspecified atom stereocenters. The quantitative estimate of drug-likeness (QED) is 0.410. The molecule has 0 spiro atoms. The number of methoxy groups -OCH3 is 1. The average Bonchev–Trinajstić information content (AvgIpc) is 2.87. The SMILES string of the molecule is COc1ccc(C)cc1N[C@H]1C2CCN(CC2)[C@@]1(C)C(c1ccccc1)c1ccccc1.CS(=O)(=O)O. The molecule has 0 aromatic heterocycles. The average molecular weight is 523 g/mol. The van der Waals surface area contributed by atoms with Crippen molar-refractivity contribution in [2.24, 2.45) is 5.92 Å². The molecule has 3 fully saturated rings. The van der Waals surface area contributed by atoms with E-state index in [0.717, 1.165) is 11.4 Å². The lowest BCUT2D eigenvalue weighted by Gasteiger charge is -2.61. The van der Waals surface area contributed by atoms with Crippen LogP contribution in [-0.4, -0.2) is 55.9 Å². The highest BCUT2D eigenvalue weighted by molar-refractivity contribution is 7.85. The fourth-order valence-electron chi connectivity index (χ4n) is 6.28. The second-order valence-electron chi connectivity index (χ2n) is 10.4. The third-order valence-electron chi connectivity index (χ3n) is 7.84. The summed E-state index contributed by atoms with van der Waals surface area (Å²) < 4.78 is 31.6. The van der Waals surface area contributed by atoms with Crippen LogP contribution in [0, 0.1) is 12.8 Å². The van der Waals surface area contributed by atoms with Crippen LogP contribution >= 0.6 is 0 Å². The number of hydrogen-bond donors (Lipinski definition) is 2. The molecule has 3 heterocycles. The molecule has 0 amide bonds. The number of nitrogens with one attached hydrogen (secondary N) is 1. The molecule has 37 heavy (non-hydrogen) atoms. The molecule has 0 radical (unpaired) electrons. The van der Waals surface area contributed by atoms with Crippen LogP contribution in [0.15, 0.2) is 78.9 Å². The summed E-state index contributed by atoms with van der Waals surface area (Å²) in [6.07, 6.45) is 3.21. The van der Waals surface area contributed by atoms with Gasteiger partial charge in [0, 0.05) is 17.5 Å². The first-order valence-electron chi connectivity index (χ1n) is 12.8. The van der Waals surface area contributed by atoms with E-state index < -0.39 is 10.1 Å². The predicted molar refractivity (Wildman–Crippen MR) is 150 cm³/mol. The Morgan fingerprint density at radius 2 is 1.49 bits per heavy atom. The molecule has 3 aromatic carbocycles. The van der Waals surface area contributed by atoms with Crippen LogP contribution in [-0.2, 0) is 10.1 Å². The van der Waals surface area contributed by atoms with Crippen molar-refractivity contribution in [1.29, 1.82) is 0 Å². The summed E-state index contributed by atoms with van der Waals surface area (Å²) in [5.74, 6) is 1.84. The summed E-state index contributed by atoms with van der Waals surface area (Å²) in [7, 11) is -1.90. The monoisotopic (exact) mass is 522 g/mol. The number of anilines is 1. The number of aryl methyl sites for hydroxylation is 1. The van der Waals surface area contributed by atoms with Crippen LogP contribution in [0.4, 0.5) is 5.69 Å². The fraction of sp³-hybridized carbons (Fsp3) is 0.400.